The predicted octanol–water partition coefficient (Wildman–Crippen LogP) is 17.5. The van der Waals surface area contributed by atoms with E-state index in [4.69, 9.17) is 4.42 Å². The van der Waals surface area contributed by atoms with Crippen molar-refractivity contribution in [3.05, 3.63) is 243 Å². The molecule has 0 fully saturated rings. The van der Waals surface area contributed by atoms with E-state index in [9.17, 15) is 0 Å². The van der Waals surface area contributed by atoms with Gasteiger partial charge in [-0.1, -0.05) is 164 Å². The van der Waals surface area contributed by atoms with E-state index < -0.39 is 0 Å². The SMILES string of the molecule is c1cc(-c2ccc3c(c2)oc2ccccc23)cc(N(c2ccc(-c3cccc(-n4c5ccccc5c5ccccc54)c3)cc2)c2ccccc2-c2cc3ccccc3c3ccccc23)c1. The Labute approximate surface area is 376 Å². The third-order valence-electron chi connectivity index (χ3n) is 13.2. The Hall–Kier alpha value is -8.66. The Balaban J connectivity index is 0.964. The summed E-state index contributed by atoms with van der Waals surface area (Å²) in [5.74, 6) is 0. The molecule has 0 aliphatic carbocycles. The molecule has 2 heterocycles. The second-order valence-electron chi connectivity index (χ2n) is 16.9. The Kier molecular flexibility index (Phi) is 8.53. The van der Waals surface area contributed by atoms with Crippen LogP contribution < -0.4 is 4.90 Å². The summed E-state index contributed by atoms with van der Waals surface area (Å²) in [5, 5.41) is 9.73. The van der Waals surface area contributed by atoms with E-state index in [1.54, 1.807) is 0 Å². The van der Waals surface area contributed by atoms with Crippen LogP contribution in [0.3, 0.4) is 0 Å². The Morgan fingerprint density at radius 2 is 0.892 bits per heavy atom. The van der Waals surface area contributed by atoms with Crippen LogP contribution in [0.2, 0.25) is 0 Å². The van der Waals surface area contributed by atoms with Crippen LogP contribution in [0.4, 0.5) is 17.1 Å². The van der Waals surface area contributed by atoms with Crippen molar-refractivity contribution in [3.63, 3.8) is 0 Å². The number of rotatable bonds is 7. The molecule has 0 N–H and O–H groups in total. The lowest BCUT2D eigenvalue weighted by Crippen LogP contribution is -2.11. The third kappa shape index (κ3) is 6.12. The van der Waals surface area contributed by atoms with Crippen LogP contribution in [-0.4, -0.2) is 4.57 Å². The first-order valence-electron chi connectivity index (χ1n) is 22.2. The monoisotopic (exact) mass is 828 g/mol. The summed E-state index contributed by atoms with van der Waals surface area (Å²) >= 11 is 0. The van der Waals surface area contributed by atoms with Crippen LogP contribution in [0.25, 0.3) is 104 Å². The molecule has 11 aromatic carbocycles. The first kappa shape index (κ1) is 36.9. The molecule has 13 rings (SSSR count). The zero-order chi connectivity index (χ0) is 42.8. The lowest BCUT2D eigenvalue weighted by Gasteiger charge is -2.29. The highest BCUT2D eigenvalue weighted by atomic mass is 16.3. The first-order chi connectivity index (χ1) is 32.2. The number of fused-ring (bicyclic) bond motifs is 9. The summed E-state index contributed by atoms with van der Waals surface area (Å²) in [6.45, 7) is 0. The third-order valence-corrected chi connectivity index (χ3v) is 13.2. The molecule has 65 heavy (non-hydrogen) atoms. The molecule has 0 aliphatic heterocycles. The molecule has 0 amide bonds. The van der Waals surface area contributed by atoms with Gasteiger partial charge in [-0.05, 0) is 128 Å². The summed E-state index contributed by atoms with van der Waals surface area (Å²) < 4.78 is 8.75. The molecule has 0 bridgehead atoms. The van der Waals surface area contributed by atoms with Crippen LogP contribution in [0.5, 0.6) is 0 Å². The maximum Gasteiger partial charge on any atom is 0.136 e. The van der Waals surface area contributed by atoms with E-state index in [0.717, 1.165) is 72.5 Å². The minimum Gasteiger partial charge on any atom is -0.456 e. The van der Waals surface area contributed by atoms with E-state index in [1.807, 2.05) is 12.1 Å². The number of anilines is 3. The van der Waals surface area contributed by atoms with Crippen molar-refractivity contribution in [1.82, 2.24) is 4.57 Å². The van der Waals surface area contributed by atoms with Crippen LogP contribution in [0.15, 0.2) is 247 Å². The number of nitrogens with zero attached hydrogens (tertiary/aromatic N) is 2. The maximum absolute atomic E-state index is 6.36. The molecule has 13 aromatic rings. The van der Waals surface area contributed by atoms with Gasteiger partial charge in [-0.3, -0.25) is 0 Å². The summed E-state index contributed by atoms with van der Waals surface area (Å²) in [6.07, 6.45) is 0. The predicted molar refractivity (Wildman–Crippen MR) is 274 cm³/mol. The average molecular weight is 829 g/mol. The van der Waals surface area contributed by atoms with Gasteiger partial charge in [-0.2, -0.15) is 0 Å². The number of furan rings is 1. The molecule has 2 aromatic heterocycles. The van der Waals surface area contributed by atoms with Gasteiger partial charge < -0.3 is 13.9 Å². The number of hydrogen-bond donors (Lipinski definition) is 0. The highest BCUT2D eigenvalue weighted by molar-refractivity contribution is 6.15. The molecule has 0 atom stereocenters. The number of aromatic nitrogens is 1. The van der Waals surface area contributed by atoms with E-state index in [1.165, 1.54) is 48.9 Å². The Bertz CT molecular complexity index is 3910. The lowest BCUT2D eigenvalue weighted by molar-refractivity contribution is 0.669. The summed E-state index contributed by atoms with van der Waals surface area (Å²) in [6, 6.07) is 87.8. The second kappa shape index (κ2) is 15.0. The van der Waals surface area contributed by atoms with Crippen LogP contribution >= 0.6 is 0 Å². The van der Waals surface area contributed by atoms with Crippen molar-refractivity contribution in [3.8, 4) is 39.1 Å². The number of benzene rings is 11. The van der Waals surface area contributed by atoms with Crippen molar-refractivity contribution < 1.29 is 4.42 Å². The van der Waals surface area contributed by atoms with E-state index >= 15 is 0 Å². The van der Waals surface area contributed by atoms with E-state index in [2.05, 4.69) is 240 Å². The van der Waals surface area contributed by atoms with Gasteiger partial charge in [0.1, 0.15) is 11.2 Å². The first-order valence-corrected chi connectivity index (χ1v) is 22.2. The Morgan fingerprint density at radius 3 is 1.69 bits per heavy atom. The highest BCUT2D eigenvalue weighted by Crippen LogP contribution is 2.46. The van der Waals surface area contributed by atoms with Crippen molar-refractivity contribution in [2.75, 3.05) is 4.90 Å². The van der Waals surface area contributed by atoms with Gasteiger partial charge in [0.15, 0.2) is 0 Å². The molecule has 0 aliphatic rings. The molecule has 304 valence electrons. The largest absolute Gasteiger partial charge is 0.456 e. The average Bonchev–Trinajstić information content (AvgIpc) is 3.92. The van der Waals surface area contributed by atoms with Crippen molar-refractivity contribution in [2.45, 2.75) is 0 Å². The fraction of sp³-hybridized carbons (Fsp3) is 0. The highest BCUT2D eigenvalue weighted by Gasteiger charge is 2.21. The topological polar surface area (TPSA) is 21.3 Å². The number of hydrogen-bond acceptors (Lipinski definition) is 2. The van der Waals surface area contributed by atoms with Gasteiger partial charge in [0, 0.05) is 44.2 Å². The zero-order valence-corrected chi connectivity index (χ0v) is 35.4. The summed E-state index contributed by atoms with van der Waals surface area (Å²) in [4.78, 5) is 2.42. The molecular weight excluding hydrogens is 789 g/mol. The molecule has 0 saturated heterocycles. The van der Waals surface area contributed by atoms with Gasteiger partial charge in [0.25, 0.3) is 0 Å². The molecule has 0 unspecified atom stereocenters. The van der Waals surface area contributed by atoms with Gasteiger partial charge >= 0.3 is 0 Å². The maximum atomic E-state index is 6.36. The minimum absolute atomic E-state index is 0.886. The van der Waals surface area contributed by atoms with Crippen LogP contribution in [0.1, 0.15) is 0 Å². The molecule has 3 heteroatoms. The van der Waals surface area contributed by atoms with Gasteiger partial charge in [0.2, 0.25) is 0 Å². The van der Waals surface area contributed by atoms with Gasteiger partial charge in [0.05, 0.1) is 16.7 Å². The molecule has 0 radical (unpaired) electrons. The normalized spacial score (nSPS) is 11.7. The fourth-order valence-corrected chi connectivity index (χ4v) is 10.2. The van der Waals surface area contributed by atoms with Gasteiger partial charge in [-0.15, -0.1) is 0 Å². The number of para-hydroxylation sites is 4. The molecule has 0 spiro atoms. The second-order valence-corrected chi connectivity index (χ2v) is 16.9. The summed E-state index contributed by atoms with van der Waals surface area (Å²) in [7, 11) is 0. The van der Waals surface area contributed by atoms with Crippen LogP contribution in [0, 0.1) is 0 Å². The van der Waals surface area contributed by atoms with Gasteiger partial charge in [-0.25, -0.2) is 0 Å². The summed E-state index contributed by atoms with van der Waals surface area (Å²) in [5.41, 5.74) is 15.4. The smallest absolute Gasteiger partial charge is 0.136 e. The van der Waals surface area contributed by atoms with Crippen molar-refractivity contribution in [1.29, 1.82) is 0 Å². The van der Waals surface area contributed by atoms with E-state index in [-0.39, 0.29) is 0 Å². The van der Waals surface area contributed by atoms with E-state index in [0.29, 0.717) is 0 Å². The Morgan fingerprint density at radius 1 is 0.308 bits per heavy atom. The molecule has 3 nitrogen and oxygen atoms in total. The molecular formula is C62H40N2O. The molecule has 0 saturated carbocycles. The van der Waals surface area contributed by atoms with Crippen molar-refractivity contribution >= 4 is 82.4 Å². The fourth-order valence-electron chi connectivity index (χ4n) is 10.2. The van der Waals surface area contributed by atoms with Crippen LogP contribution in [-0.2, 0) is 0 Å². The zero-order valence-electron chi connectivity index (χ0n) is 35.4. The standard InChI is InChI=1S/C62H40N2O/c1-2-20-49-45(15-1)39-57(51-22-4-3-21-50(49)51)54-25-7-9-27-58(54)63(47-18-14-17-43(38-47)44-33-36-56-55-26-8-12-30-61(55)65-62(56)40-44)46-34-31-41(32-35-46)42-16-13-19-48(37-42)64-59-28-10-5-23-52(59)53-24-6-11-29-60(53)64/h1-40H. The van der Waals surface area contributed by atoms with Crippen molar-refractivity contribution in [2.24, 2.45) is 0 Å². The quantitative estimate of drug-likeness (QED) is 0.149. The minimum atomic E-state index is 0.886. The lowest BCUT2D eigenvalue weighted by atomic mass is 9.92.